The molecule has 0 unspecified atom stereocenters. The number of nitrogens with zero attached hydrogens (tertiary/aromatic N) is 2. The second-order valence-electron chi connectivity index (χ2n) is 4.65. The van der Waals surface area contributed by atoms with Crippen molar-refractivity contribution in [2.24, 2.45) is 4.99 Å². The second-order valence-corrected chi connectivity index (χ2v) is 5.05. The molecule has 0 spiro atoms. The highest BCUT2D eigenvalue weighted by atomic mass is 35.5. The largest absolute Gasteiger partial charge is 0.352 e. The number of halogens is 1. The van der Waals surface area contributed by atoms with Gasteiger partial charge >= 0.3 is 0 Å². The van der Waals surface area contributed by atoms with Crippen molar-refractivity contribution in [1.82, 2.24) is 5.32 Å². The van der Waals surface area contributed by atoms with Crippen molar-refractivity contribution in [3.8, 4) is 0 Å². The molecular formula is C16H16ClN3. The summed E-state index contributed by atoms with van der Waals surface area (Å²) in [5.41, 5.74) is 2.24. The van der Waals surface area contributed by atoms with Crippen LogP contribution in [-0.4, -0.2) is 19.0 Å². The first-order valence-electron chi connectivity index (χ1n) is 6.69. The Bertz CT molecular complexity index is 610. The van der Waals surface area contributed by atoms with E-state index in [1.807, 2.05) is 42.5 Å². The van der Waals surface area contributed by atoms with E-state index in [1.165, 1.54) is 5.56 Å². The van der Waals surface area contributed by atoms with Gasteiger partial charge in [0.05, 0.1) is 17.3 Å². The van der Waals surface area contributed by atoms with Crippen molar-refractivity contribution in [2.75, 3.05) is 18.0 Å². The lowest BCUT2D eigenvalue weighted by atomic mass is 10.2. The number of benzene rings is 2. The lowest BCUT2D eigenvalue weighted by Crippen LogP contribution is -2.38. The quantitative estimate of drug-likeness (QED) is 0.937. The van der Waals surface area contributed by atoms with Gasteiger partial charge in [0.2, 0.25) is 0 Å². The Hall–Kier alpha value is -2.00. The Morgan fingerprint density at radius 1 is 1.05 bits per heavy atom. The van der Waals surface area contributed by atoms with Crippen molar-refractivity contribution in [1.29, 1.82) is 0 Å². The summed E-state index contributed by atoms with van der Waals surface area (Å²) >= 11 is 6.26. The minimum Gasteiger partial charge on any atom is -0.352 e. The Balaban J connectivity index is 1.72. The third-order valence-corrected chi connectivity index (χ3v) is 3.60. The van der Waals surface area contributed by atoms with Crippen LogP contribution < -0.4 is 10.2 Å². The zero-order valence-corrected chi connectivity index (χ0v) is 11.8. The fourth-order valence-electron chi connectivity index (χ4n) is 2.28. The number of hydrogen-bond acceptors (Lipinski definition) is 3. The van der Waals surface area contributed by atoms with E-state index in [4.69, 9.17) is 11.6 Å². The summed E-state index contributed by atoms with van der Waals surface area (Å²) in [6.07, 6.45) is 0. The summed E-state index contributed by atoms with van der Waals surface area (Å²) in [6.45, 7) is 2.42. The normalized spacial score (nSPS) is 14.2. The van der Waals surface area contributed by atoms with Crippen LogP contribution in [0.5, 0.6) is 0 Å². The molecule has 2 aromatic carbocycles. The summed E-state index contributed by atoms with van der Waals surface area (Å²) in [4.78, 5) is 6.65. The van der Waals surface area contributed by atoms with Gasteiger partial charge in [0.1, 0.15) is 0 Å². The molecule has 4 heteroatoms. The van der Waals surface area contributed by atoms with E-state index in [9.17, 15) is 0 Å². The Labute approximate surface area is 123 Å². The van der Waals surface area contributed by atoms with E-state index in [0.717, 1.165) is 36.3 Å². The first-order valence-corrected chi connectivity index (χ1v) is 7.07. The predicted molar refractivity (Wildman–Crippen MR) is 84.4 cm³/mol. The number of anilines is 1. The van der Waals surface area contributed by atoms with Crippen molar-refractivity contribution < 1.29 is 0 Å². The highest BCUT2D eigenvalue weighted by molar-refractivity contribution is 6.33. The van der Waals surface area contributed by atoms with Crippen molar-refractivity contribution in [3.63, 3.8) is 0 Å². The molecular weight excluding hydrogens is 270 g/mol. The number of rotatable bonds is 3. The fraction of sp³-hybridized carbons (Fsp3) is 0.188. The molecule has 1 aliphatic rings. The maximum absolute atomic E-state index is 6.26. The summed E-state index contributed by atoms with van der Waals surface area (Å²) in [5, 5.41) is 4.14. The molecule has 0 amide bonds. The Morgan fingerprint density at radius 2 is 1.80 bits per heavy atom. The van der Waals surface area contributed by atoms with E-state index >= 15 is 0 Å². The number of hydrogen-bond donors (Lipinski definition) is 1. The van der Waals surface area contributed by atoms with E-state index in [0.29, 0.717) is 0 Å². The number of nitrogens with one attached hydrogen (secondary N) is 1. The van der Waals surface area contributed by atoms with Gasteiger partial charge < -0.3 is 10.2 Å². The Morgan fingerprint density at radius 3 is 2.60 bits per heavy atom. The molecule has 1 heterocycles. The lowest BCUT2D eigenvalue weighted by molar-refractivity contribution is 0.895. The van der Waals surface area contributed by atoms with Gasteiger partial charge in [0, 0.05) is 13.1 Å². The zero-order valence-electron chi connectivity index (χ0n) is 11.1. The summed E-state index contributed by atoms with van der Waals surface area (Å²) in [7, 11) is 0. The highest BCUT2D eigenvalue weighted by Gasteiger charge is 2.20. The molecule has 0 aliphatic carbocycles. The monoisotopic (exact) mass is 285 g/mol. The first-order chi connectivity index (χ1) is 9.84. The average Bonchev–Trinajstić information content (AvgIpc) is 2.95. The SMILES string of the molecule is Clc1ccccc1N1CCN=C1NCc1ccccc1. The van der Waals surface area contributed by atoms with Gasteiger partial charge in [-0.05, 0) is 17.7 Å². The molecule has 3 rings (SSSR count). The van der Waals surface area contributed by atoms with Gasteiger partial charge in [0.25, 0.3) is 0 Å². The maximum atomic E-state index is 6.26. The molecule has 102 valence electrons. The molecule has 1 N–H and O–H groups in total. The summed E-state index contributed by atoms with van der Waals surface area (Å²) in [5.74, 6) is 0.891. The van der Waals surface area contributed by atoms with Gasteiger partial charge in [-0.1, -0.05) is 54.1 Å². The predicted octanol–water partition coefficient (Wildman–Crippen LogP) is 3.31. The third-order valence-electron chi connectivity index (χ3n) is 3.28. The standard InChI is InChI=1S/C16H16ClN3/c17-14-8-4-5-9-15(14)20-11-10-18-16(20)19-12-13-6-2-1-3-7-13/h1-9H,10-12H2,(H,18,19). The summed E-state index contributed by atoms with van der Waals surface area (Å²) in [6, 6.07) is 18.2. The van der Waals surface area contributed by atoms with E-state index in [1.54, 1.807) is 0 Å². The topological polar surface area (TPSA) is 27.6 Å². The average molecular weight is 286 g/mol. The maximum Gasteiger partial charge on any atom is 0.198 e. The van der Waals surface area contributed by atoms with E-state index in [2.05, 4.69) is 27.3 Å². The van der Waals surface area contributed by atoms with E-state index in [-0.39, 0.29) is 0 Å². The van der Waals surface area contributed by atoms with Gasteiger partial charge in [-0.25, -0.2) is 0 Å². The van der Waals surface area contributed by atoms with Crippen LogP contribution in [0.3, 0.4) is 0 Å². The molecule has 3 nitrogen and oxygen atoms in total. The van der Waals surface area contributed by atoms with E-state index < -0.39 is 0 Å². The number of para-hydroxylation sites is 1. The minimum atomic E-state index is 0.753. The van der Waals surface area contributed by atoms with Crippen LogP contribution in [0.15, 0.2) is 59.6 Å². The van der Waals surface area contributed by atoms with Gasteiger partial charge in [-0.2, -0.15) is 0 Å². The van der Waals surface area contributed by atoms with Gasteiger partial charge in [-0.15, -0.1) is 0 Å². The first kappa shape index (κ1) is 13.0. The minimum absolute atomic E-state index is 0.753. The molecule has 0 radical (unpaired) electrons. The molecule has 1 aliphatic heterocycles. The van der Waals surface area contributed by atoms with Gasteiger partial charge in [-0.3, -0.25) is 4.99 Å². The second kappa shape index (κ2) is 5.97. The van der Waals surface area contributed by atoms with Crippen molar-refractivity contribution in [3.05, 3.63) is 65.2 Å². The molecule has 2 aromatic rings. The molecule has 20 heavy (non-hydrogen) atoms. The lowest BCUT2D eigenvalue weighted by Gasteiger charge is -2.22. The Kier molecular flexibility index (Phi) is 3.88. The molecule has 0 saturated carbocycles. The summed E-state index contributed by atoms with van der Waals surface area (Å²) < 4.78 is 0. The smallest absolute Gasteiger partial charge is 0.198 e. The number of aliphatic imine (C=N–C) groups is 1. The van der Waals surface area contributed by atoms with Crippen LogP contribution in [0.25, 0.3) is 0 Å². The van der Waals surface area contributed by atoms with Crippen LogP contribution in [0.2, 0.25) is 5.02 Å². The van der Waals surface area contributed by atoms with Crippen LogP contribution in [-0.2, 0) is 6.54 Å². The van der Waals surface area contributed by atoms with Crippen LogP contribution in [0.4, 0.5) is 5.69 Å². The molecule has 0 aromatic heterocycles. The zero-order chi connectivity index (χ0) is 13.8. The van der Waals surface area contributed by atoms with Crippen LogP contribution in [0.1, 0.15) is 5.56 Å². The number of guanidine groups is 1. The molecule has 0 bridgehead atoms. The van der Waals surface area contributed by atoms with Crippen molar-refractivity contribution in [2.45, 2.75) is 6.54 Å². The molecule has 0 atom stereocenters. The van der Waals surface area contributed by atoms with Crippen LogP contribution >= 0.6 is 11.6 Å². The molecule has 0 fully saturated rings. The fourth-order valence-corrected chi connectivity index (χ4v) is 2.52. The highest BCUT2D eigenvalue weighted by Crippen LogP contribution is 2.26. The van der Waals surface area contributed by atoms with Gasteiger partial charge in [0.15, 0.2) is 5.96 Å². The molecule has 0 saturated heterocycles. The third kappa shape index (κ3) is 2.78. The van der Waals surface area contributed by atoms with Crippen LogP contribution in [0, 0.1) is 0 Å². The van der Waals surface area contributed by atoms with Crippen molar-refractivity contribution >= 4 is 23.2 Å².